The number of aryl methyl sites for hydroxylation is 2. The van der Waals surface area contributed by atoms with Crippen LogP contribution in [0.2, 0.25) is 0 Å². The van der Waals surface area contributed by atoms with Gasteiger partial charge in [0.2, 0.25) is 20.0 Å². The molecule has 0 aliphatic carbocycles. The van der Waals surface area contributed by atoms with Crippen LogP contribution in [0.3, 0.4) is 0 Å². The number of pyridine rings is 1. The number of hydrogen-bond acceptors (Lipinski definition) is 7. The first kappa shape index (κ1) is 48.9. The third-order valence-corrected chi connectivity index (χ3v) is 18.2. The van der Waals surface area contributed by atoms with E-state index in [0.29, 0.717) is 24.5 Å². The van der Waals surface area contributed by atoms with Crippen molar-refractivity contribution in [3.8, 4) is 0 Å². The van der Waals surface area contributed by atoms with Crippen molar-refractivity contribution in [3.05, 3.63) is 305 Å². The molecule has 11 heteroatoms. The van der Waals surface area contributed by atoms with Gasteiger partial charge in [-0.05, 0) is 83.6 Å². The molecule has 0 saturated carbocycles. The molecular weight excluding hydrogens is 955 g/mol. The van der Waals surface area contributed by atoms with Crippen LogP contribution in [-0.2, 0) is 33.1 Å². The zero-order chi connectivity index (χ0) is 50.8. The lowest BCUT2D eigenvalue weighted by Gasteiger charge is -2.34. The SMILES string of the molecule is Cc1ccc(S(=O)(=O)N2C(c3cccc(C4N(Cc5ccccc5)[C@@H](c5ccccc5)[C@H](c5ccccc5)N4S(=O)(=O)c4ccc(C)cc4)n3)N(Cc3ccccc3)[C@@H](c3ccccc3)[C@@H]2c2ccccc2)cc1. The predicted molar refractivity (Wildman–Crippen MR) is 291 cm³/mol. The lowest BCUT2D eigenvalue weighted by Crippen LogP contribution is -2.38. The smallest absolute Gasteiger partial charge is 0.245 e. The highest BCUT2D eigenvalue weighted by molar-refractivity contribution is 7.89. The molecule has 0 spiro atoms. The lowest BCUT2D eigenvalue weighted by molar-refractivity contribution is 0.140. The Morgan fingerprint density at radius 2 is 0.622 bits per heavy atom. The molecule has 2 unspecified atom stereocenters. The first-order chi connectivity index (χ1) is 36.1. The minimum Gasteiger partial charge on any atom is -0.269 e. The Morgan fingerprint density at radius 3 is 0.932 bits per heavy atom. The normalized spacial score (nSPS) is 20.9. The Morgan fingerprint density at radius 1 is 0.338 bits per heavy atom. The van der Waals surface area contributed by atoms with Gasteiger partial charge in [0.25, 0.3) is 0 Å². The van der Waals surface area contributed by atoms with Gasteiger partial charge in [0.05, 0.1) is 45.3 Å². The number of nitrogens with zero attached hydrogens (tertiary/aromatic N) is 5. The summed E-state index contributed by atoms with van der Waals surface area (Å²) in [6.45, 7) is 4.62. The molecule has 6 atom stereocenters. The van der Waals surface area contributed by atoms with Gasteiger partial charge in [-0.3, -0.25) is 14.8 Å². The third-order valence-electron chi connectivity index (χ3n) is 14.5. The van der Waals surface area contributed by atoms with Crippen LogP contribution in [0.1, 0.15) is 92.4 Å². The minimum atomic E-state index is -4.33. The minimum absolute atomic E-state index is 0.162. The second-order valence-corrected chi connectivity index (χ2v) is 23.0. The van der Waals surface area contributed by atoms with Crippen LogP contribution in [0.5, 0.6) is 0 Å². The van der Waals surface area contributed by atoms with Gasteiger partial charge in [0, 0.05) is 13.1 Å². The Hall–Kier alpha value is -7.35. The molecule has 9 aromatic rings. The summed E-state index contributed by atoms with van der Waals surface area (Å²) in [5.74, 6) is 0. The molecule has 0 amide bonds. The lowest BCUT2D eigenvalue weighted by atomic mass is 9.93. The van der Waals surface area contributed by atoms with E-state index in [1.807, 2.05) is 190 Å². The third kappa shape index (κ3) is 9.43. The molecule has 2 fully saturated rings. The summed E-state index contributed by atoms with van der Waals surface area (Å²) in [4.78, 5) is 10.5. The first-order valence-electron chi connectivity index (χ1n) is 25.0. The number of rotatable bonds is 14. The van der Waals surface area contributed by atoms with Gasteiger partial charge in [-0.15, -0.1) is 0 Å². The van der Waals surface area contributed by atoms with Crippen molar-refractivity contribution in [2.24, 2.45) is 0 Å². The highest BCUT2D eigenvalue weighted by Crippen LogP contribution is 2.58. The van der Waals surface area contributed by atoms with E-state index in [0.717, 1.165) is 44.5 Å². The zero-order valence-electron chi connectivity index (χ0n) is 41.2. The van der Waals surface area contributed by atoms with Crippen LogP contribution >= 0.6 is 0 Å². The fourth-order valence-electron chi connectivity index (χ4n) is 11.1. The average molecular weight is 1010 g/mol. The molecule has 2 aliphatic rings. The van der Waals surface area contributed by atoms with E-state index in [-0.39, 0.29) is 9.79 Å². The van der Waals surface area contributed by atoms with Crippen molar-refractivity contribution >= 4 is 20.0 Å². The molecule has 1 aromatic heterocycles. The molecule has 3 heterocycles. The highest BCUT2D eigenvalue weighted by Gasteiger charge is 2.57. The standard InChI is InChI=1S/C63H57N5O4S2/c1-46-36-40-54(41-37-46)73(69,70)67-60(52-30-17-7-18-31-52)58(50-26-13-5-14-27-50)65(44-48-22-9-3-10-23-48)62(67)56-34-21-35-57(64-56)63-66(45-49-24-11-4-12-25-49)59(51-28-15-6-16-29-51)61(53-32-19-8-20-33-53)68(63)74(71,72)55-42-38-47(2)39-43-55/h3-43,58-63H,44-45H2,1-2H3/t58-,59-,60-,61-,62?,63?/m0/s1. The van der Waals surface area contributed by atoms with Crippen LogP contribution < -0.4 is 0 Å². The molecule has 11 rings (SSSR count). The van der Waals surface area contributed by atoms with E-state index in [4.69, 9.17) is 4.98 Å². The van der Waals surface area contributed by atoms with Gasteiger partial charge in [-0.25, -0.2) is 16.8 Å². The molecule has 8 aromatic carbocycles. The zero-order valence-corrected chi connectivity index (χ0v) is 42.9. The summed E-state index contributed by atoms with van der Waals surface area (Å²) in [5.41, 5.74) is 8.31. The molecule has 9 nitrogen and oxygen atoms in total. The molecule has 2 aliphatic heterocycles. The maximum atomic E-state index is 16.0. The van der Waals surface area contributed by atoms with Crippen LogP contribution in [0, 0.1) is 13.8 Å². The fourth-order valence-corrected chi connectivity index (χ4v) is 14.6. The van der Waals surface area contributed by atoms with Crippen molar-refractivity contribution in [2.45, 2.75) is 73.2 Å². The van der Waals surface area contributed by atoms with Gasteiger partial charge < -0.3 is 0 Å². The van der Waals surface area contributed by atoms with Gasteiger partial charge in [0.15, 0.2) is 0 Å². The molecule has 370 valence electrons. The van der Waals surface area contributed by atoms with Crippen LogP contribution in [0.4, 0.5) is 0 Å². The van der Waals surface area contributed by atoms with E-state index >= 15 is 16.8 Å². The van der Waals surface area contributed by atoms with Crippen LogP contribution in [-0.4, -0.2) is 40.2 Å². The molecule has 0 bridgehead atoms. The largest absolute Gasteiger partial charge is 0.269 e. The van der Waals surface area contributed by atoms with E-state index < -0.39 is 56.5 Å². The van der Waals surface area contributed by atoms with E-state index in [2.05, 4.69) is 58.3 Å². The van der Waals surface area contributed by atoms with Gasteiger partial charge in [-0.2, -0.15) is 8.61 Å². The summed E-state index contributed by atoms with van der Waals surface area (Å²) < 4.78 is 67.4. The number of hydrogen-bond donors (Lipinski definition) is 0. The van der Waals surface area contributed by atoms with Gasteiger partial charge >= 0.3 is 0 Å². The van der Waals surface area contributed by atoms with Gasteiger partial charge in [0.1, 0.15) is 12.3 Å². The van der Waals surface area contributed by atoms with Crippen LogP contribution in [0.25, 0.3) is 0 Å². The fraction of sp³-hybridized carbons (Fsp3) is 0.159. The Balaban J connectivity index is 1.19. The maximum Gasteiger partial charge on any atom is 0.245 e. The van der Waals surface area contributed by atoms with Crippen molar-refractivity contribution < 1.29 is 16.8 Å². The Bertz CT molecular complexity index is 3310. The predicted octanol–water partition coefficient (Wildman–Crippen LogP) is 13.1. The van der Waals surface area contributed by atoms with E-state index in [1.165, 1.54) is 0 Å². The molecule has 0 N–H and O–H groups in total. The quantitative estimate of drug-likeness (QED) is 0.107. The molecular formula is C63H57N5O4S2. The van der Waals surface area contributed by atoms with Crippen LogP contribution in [0.15, 0.2) is 259 Å². The number of sulfonamides is 2. The second kappa shape index (κ2) is 20.9. The molecule has 2 saturated heterocycles. The highest BCUT2D eigenvalue weighted by atomic mass is 32.2. The Labute approximate surface area is 435 Å². The van der Waals surface area contributed by atoms with Crippen molar-refractivity contribution in [1.29, 1.82) is 0 Å². The first-order valence-corrected chi connectivity index (χ1v) is 27.9. The summed E-state index contributed by atoms with van der Waals surface area (Å²) in [6, 6.07) is 77.6. The summed E-state index contributed by atoms with van der Waals surface area (Å²) in [7, 11) is -8.66. The molecule has 0 radical (unpaired) electrons. The summed E-state index contributed by atoms with van der Waals surface area (Å²) in [6.07, 6.45) is -1.98. The van der Waals surface area contributed by atoms with Crippen molar-refractivity contribution in [2.75, 3.05) is 0 Å². The second-order valence-electron chi connectivity index (χ2n) is 19.3. The monoisotopic (exact) mass is 1010 g/mol. The van der Waals surface area contributed by atoms with Crippen molar-refractivity contribution in [3.63, 3.8) is 0 Å². The summed E-state index contributed by atoms with van der Waals surface area (Å²) >= 11 is 0. The van der Waals surface area contributed by atoms with Gasteiger partial charge in [-0.1, -0.05) is 223 Å². The maximum absolute atomic E-state index is 16.0. The number of aromatic nitrogens is 1. The average Bonchev–Trinajstić information content (AvgIpc) is 3.98. The number of benzene rings is 8. The van der Waals surface area contributed by atoms with E-state index in [9.17, 15) is 0 Å². The Kier molecular flexibility index (Phi) is 13.8. The molecule has 74 heavy (non-hydrogen) atoms. The van der Waals surface area contributed by atoms with Crippen molar-refractivity contribution in [1.82, 2.24) is 23.4 Å². The van der Waals surface area contributed by atoms with E-state index in [1.54, 1.807) is 32.9 Å². The topological polar surface area (TPSA) is 94.1 Å². The summed E-state index contributed by atoms with van der Waals surface area (Å²) in [5, 5.41) is 0.